The van der Waals surface area contributed by atoms with Crippen LogP contribution in [0.1, 0.15) is 40.2 Å². The lowest BCUT2D eigenvalue weighted by molar-refractivity contribution is 0.0933. The third-order valence-electron chi connectivity index (χ3n) is 4.87. The average Bonchev–Trinajstić information content (AvgIpc) is 3.41. The number of amides is 1. The Kier molecular flexibility index (Phi) is 8.52. The summed E-state index contributed by atoms with van der Waals surface area (Å²) in [7, 11) is 0. The summed E-state index contributed by atoms with van der Waals surface area (Å²) in [5.74, 6) is 0.780. The Balaban J connectivity index is 1.64. The molecule has 1 aromatic carbocycles. The highest BCUT2D eigenvalue weighted by Gasteiger charge is 2.24. The van der Waals surface area contributed by atoms with Gasteiger partial charge in [0.05, 0.1) is 12.2 Å². The first-order valence-electron chi connectivity index (χ1n) is 9.75. The van der Waals surface area contributed by atoms with Crippen LogP contribution in [0.3, 0.4) is 0 Å². The average molecular weight is 435 g/mol. The molecular formula is C21H26N2O4S2. The van der Waals surface area contributed by atoms with Crippen LogP contribution >= 0.6 is 24.0 Å². The van der Waals surface area contributed by atoms with Crippen molar-refractivity contribution in [2.24, 2.45) is 5.92 Å². The maximum atomic E-state index is 12.7. The molecule has 0 radical (unpaired) electrons. The zero-order valence-electron chi connectivity index (χ0n) is 16.5. The monoisotopic (exact) mass is 434 g/mol. The molecule has 8 heteroatoms. The van der Waals surface area contributed by atoms with Crippen LogP contribution in [0, 0.1) is 5.92 Å². The fourth-order valence-corrected chi connectivity index (χ4v) is 3.46. The lowest BCUT2D eigenvalue weighted by Crippen LogP contribution is -2.30. The number of benzene rings is 1. The molecule has 0 saturated carbocycles. The molecule has 0 aliphatic carbocycles. The van der Waals surface area contributed by atoms with E-state index in [2.05, 4.69) is 22.6 Å². The Morgan fingerprint density at radius 2 is 2.17 bits per heavy atom. The van der Waals surface area contributed by atoms with Crippen LogP contribution in [0.15, 0.2) is 34.9 Å². The van der Waals surface area contributed by atoms with E-state index in [0.717, 1.165) is 25.9 Å². The molecule has 1 aromatic heterocycles. The van der Waals surface area contributed by atoms with Gasteiger partial charge in [-0.3, -0.25) is 4.79 Å². The molecule has 1 aliphatic rings. The van der Waals surface area contributed by atoms with Crippen LogP contribution in [-0.2, 0) is 28.9 Å². The highest BCUT2D eigenvalue weighted by molar-refractivity contribution is 8.22. The molecule has 2 aromatic rings. The van der Waals surface area contributed by atoms with E-state index in [0.29, 0.717) is 41.2 Å². The predicted molar refractivity (Wildman–Crippen MR) is 117 cm³/mol. The lowest BCUT2D eigenvalue weighted by Gasteiger charge is -2.10. The highest BCUT2D eigenvalue weighted by atomic mass is 32.2. The SMILES string of the molecule is CSC(=S)OCc1c(C(=O)NCC2CCOC2)noc1CCCc1ccccc1. The van der Waals surface area contributed by atoms with E-state index in [1.807, 2.05) is 24.5 Å². The topological polar surface area (TPSA) is 73.6 Å². The molecule has 1 amide bonds. The molecule has 1 saturated heterocycles. The Hall–Kier alpha value is -1.90. The molecule has 1 unspecified atom stereocenters. The molecule has 6 nitrogen and oxygen atoms in total. The summed E-state index contributed by atoms with van der Waals surface area (Å²) >= 11 is 6.48. The van der Waals surface area contributed by atoms with Crippen LogP contribution in [0.25, 0.3) is 0 Å². The van der Waals surface area contributed by atoms with Gasteiger partial charge in [0.15, 0.2) is 5.69 Å². The maximum Gasteiger partial charge on any atom is 0.273 e. The van der Waals surface area contributed by atoms with E-state index >= 15 is 0 Å². The zero-order chi connectivity index (χ0) is 20.5. The van der Waals surface area contributed by atoms with E-state index in [9.17, 15) is 4.79 Å². The standard InChI is InChI=1S/C21H26N2O4S2/c1-29-21(28)26-14-17-18(9-5-8-15-6-3-2-4-7-15)27-23-19(17)20(24)22-12-16-10-11-25-13-16/h2-4,6-7,16H,5,8-14H2,1H3,(H,22,24). The van der Waals surface area contributed by atoms with Gasteiger partial charge in [-0.2, -0.15) is 0 Å². The van der Waals surface area contributed by atoms with Crippen molar-refractivity contribution in [3.63, 3.8) is 0 Å². The Morgan fingerprint density at radius 1 is 1.34 bits per heavy atom. The Morgan fingerprint density at radius 3 is 2.90 bits per heavy atom. The third kappa shape index (κ3) is 6.55. The minimum absolute atomic E-state index is 0.180. The summed E-state index contributed by atoms with van der Waals surface area (Å²) in [6.07, 6.45) is 5.31. The van der Waals surface area contributed by atoms with Crippen LogP contribution in [0.5, 0.6) is 0 Å². The molecule has 156 valence electrons. The van der Waals surface area contributed by atoms with Crippen LogP contribution in [-0.4, -0.2) is 41.5 Å². The van der Waals surface area contributed by atoms with Gasteiger partial charge in [0, 0.05) is 25.5 Å². The van der Waals surface area contributed by atoms with Crippen molar-refractivity contribution in [2.75, 3.05) is 26.0 Å². The molecule has 1 N–H and O–H groups in total. The van der Waals surface area contributed by atoms with Crippen LogP contribution < -0.4 is 5.32 Å². The number of nitrogens with one attached hydrogen (secondary N) is 1. The summed E-state index contributed by atoms with van der Waals surface area (Å²) in [5.41, 5.74) is 2.22. The molecule has 1 atom stereocenters. The van der Waals surface area contributed by atoms with Crippen molar-refractivity contribution >= 4 is 34.3 Å². The van der Waals surface area contributed by atoms with Gasteiger partial charge in [-0.1, -0.05) is 47.3 Å². The predicted octanol–water partition coefficient (Wildman–Crippen LogP) is 3.78. The molecule has 0 bridgehead atoms. The first-order valence-corrected chi connectivity index (χ1v) is 11.4. The van der Waals surface area contributed by atoms with Crippen molar-refractivity contribution in [3.05, 3.63) is 52.9 Å². The molecule has 3 rings (SSSR count). The number of hydrogen-bond acceptors (Lipinski definition) is 7. The van der Waals surface area contributed by atoms with Gasteiger partial charge in [-0.25, -0.2) is 0 Å². The number of rotatable bonds is 9. The van der Waals surface area contributed by atoms with Crippen molar-refractivity contribution in [2.45, 2.75) is 32.3 Å². The first-order chi connectivity index (χ1) is 14.2. The lowest BCUT2D eigenvalue weighted by atomic mass is 10.0. The van der Waals surface area contributed by atoms with Gasteiger partial charge in [0.2, 0.25) is 4.38 Å². The second kappa shape index (κ2) is 11.3. The molecule has 1 aliphatic heterocycles. The van der Waals surface area contributed by atoms with E-state index in [-0.39, 0.29) is 18.2 Å². The summed E-state index contributed by atoms with van der Waals surface area (Å²) in [6.45, 7) is 2.18. The Bertz CT molecular complexity index is 804. The van der Waals surface area contributed by atoms with E-state index < -0.39 is 0 Å². The normalized spacial score (nSPS) is 16.0. The summed E-state index contributed by atoms with van der Waals surface area (Å²) in [4.78, 5) is 12.7. The number of aromatic nitrogens is 1. The molecule has 29 heavy (non-hydrogen) atoms. The summed E-state index contributed by atoms with van der Waals surface area (Å²) in [6, 6.07) is 10.3. The Labute approximate surface area is 180 Å². The van der Waals surface area contributed by atoms with Gasteiger partial charge in [-0.15, -0.1) is 0 Å². The minimum atomic E-state index is -0.247. The fraction of sp³-hybridized carbons (Fsp3) is 0.476. The molecule has 0 spiro atoms. The highest BCUT2D eigenvalue weighted by Crippen LogP contribution is 2.20. The fourth-order valence-electron chi connectivity index (χ4n) is 3.22. The number of ether oxygens (including phenoxy) is 2. The number of hydrogen-bond donors (Lipinski definition) is 1. The molecule has 1 fully saturated rings. The van der Waals surface area contributed by atoms with Crippen molar-refractivity contribution in [1.29, 1.82) is 0 Å². The largest absolute Gasteiger partial charge is 0.473 e. The zero-order valence-corrected chi connectivity index (χ0v) is 18.2. The van der Waals surface area contributed by atoms with Gasteiger partial charge in [-0.05, 0) is 43.3 Å². The van der Waals surface area contributed by atoms with Crippen LogP contribution in [0.2, 0.25) is 0 Å². The first kappa shape index (κ1) is 21.8. The number of carbonyl (C=O) groups excluding carboxylic acids is 1. The minimum Gasteiger partial charge on any atom is -0.473 e. The van der Waals surface area contributed by atoms with E-state index in [1.165, 1.54) is 17.3 Å². The van der Waals surface area contributed by atoms with Crippen molar-refractivity contribution in [1.82, 2.24) is 10.5 Å². The van der Waals surface area contributed by atoms with Gasteiger partial charge < -0.3 is 19.3 Å². The second-order valence-corrected chi connectivity index (χ2v) is 8.36. The summed E-state index contributed by atoms with van der Waals surface area (Å²) < 4.78 is 16.9. The number of thioether (sulfide) groups is 1. The number of thiocarbonyl (C=S) groups is 1. The number of carbonyl (C=O) groups is 1. The molecule has 2 heterocycles. The van der Waals surface area contributed by atoms with E-state index in [4.69, 9.17) is 26.2 Å². The third-order valence-corrected chi connectivity index (χ3v) is 5.94. The summed E-state index contributed by atoms with van der Waals surface area (Å²) in [5, 5.41) is 6.99. The van der Waals surface area contributed by atoms with Gasteiger partial charge in [0.1, 0.15) is 12.4 Å². The number of nitrogens with zero attached hydrogens (tertiary/aromatic N) is 1. The quantitative estimate of drug-likeness (QED) is 0.602. The molecular weight excluding hydrogens is 408 g/mol. The smallest absolute Gasteiger partial charge is 0.273 e. The van der Waals surface area contributed by atoms with E-state index in [1.54, 1.807) is 0 Å². The van der Waals surface area contributed by atoms with Gasteiger partial charge in [0.25, 0.3) is 5.91 Å². The maximum absolute atomic E-state index is 12.7. The van der Waals surface area contributed by atoms with Gasteiger partial charge >= 0.3 is 0 Å². The second-order valence-electron chi connectivity index (χ2n) is 6.95. The van der Waals surface area contributed by atoms with Crippen molar-refractivity contribution < 1.29 is 18.8 Å². The van der Waals surface area contributed by atoms with Crippen molar-refractivity contribution in [3.8, 4) is 0 Å². The van der Waals surface area contributed by atoms with Crippen LogP contribution in [0.4, 0.5) is 0 Å². The number of aryl methyl sites for hydroxylation is 2.